The van der Waals surface area contributed by atoms with Crippen molar-refractivity contribution in [2.45, 2.75) is 79.1 Å². The molecule has 0 fully saturated rings. The molecular weight excluding hydrogens is 1190 g/mol. The van der Waals surface area contributed by atoms with Crippen molar-refractivity contribution in [2.75, 3.05) is 0 Å². The molecule has 3 aromatic heterocycles. The molecule has 0 amide bonds. The molecule has 0 atom stereocenters. The van der Waals surface area contributed by atoms with Crippen LogP contribution in [0, 0.1) is 31.7 Å². The number of hydrogen-bond acceptors (Lipinski definition) is 3. The standard InChI is InChI=1S/C46H42FN2OSi.C22H16F3N2.Ir/c1-28(2)36-24-32(30-20-22-33(23-21-30)51(5,6)7)25-37(29(3)4)44(36)49-42-19-12-11-18-41(42)48-46(49)35-17-13-16-34-39-26-40(47)38(27-43(39)50-45(34)35)31-14-9-8-10-15-31;1-14-6-5-7-15(2)20(14)27-19-9-4-3-8-18(19)26-21(27)16-10-12-17(13-11-16)22(23,24)25;/h8-16,18-29H,1-7H3;3-10,12-13H,1-2H3;/q2*-1;/i;1D3,2D3;. The first-order chi connectivity index (χ1) is 39.8. The van der Waals surface area contributed by atoms with E-state index >= 15 is 4.39 Å². The third-order valence-electron chi connectivity index (χ3n) is 14.3. The average molecular weight is 1250 g/mol. The number of furan rings is 1. The molecule has 0 aliphatic rings. The number of benzene rings is 9. The largest absolute Gasteiger partial charge is 0.501 e. The number of alkyl halides is 3. The van der Waals surface area contributed by atoms with E-state index in [1.807, 2.05) is 54.6 Å². The molecule has 3 heterocycles. The van der Waals surface area contributed by atoms with Crippen molar-refractivity contribution in [3.05, 3.63) is 222 Å². The second-order valence-corrected chi connectivity index (χ2v) is 26.3. The maximum Gasteiger partial charge on any atom is 0.381 e. The number of fused-ring (bicyclic) bond motifs is 5. The van der Waals surface area contributed by atoms with Crippen LogP contribution in [-0.2, 0) is 26.3 Å². The molecule has 0 unspecified atom stereocenters. The van der Waals surface area contributed by atoms with Crippen molar-refractivity contribution in [3.8, 4) is 56.4 Å². The van der Waals surface area contributed by atoms with E-state index in [0.717, 1.165) is 56.6 Å². The Bertz CT molecular complexity index is 4390. The number of nitrogens with zero attached hydrogens (tertiary/aromatic N) is 4. The van der Waals surface area contributed by atoms with Gasteiger partial charge in [-0.3, -0.25) is 9.97 Å². The normalized spacial score (nSPS) is 13.4. The van der Waals surface area contributed by atoms with Crippen LogP contribution in [0.2, 0.25) is 19.6 Å². The molecule has 0 aliphatic carbocycles. The average Bonchev–Trinajstić information content (AvgIpc) is 2.28. The fourth-order valence-electron chi connectivity index (χ4n) is 10.3. The van der Waals surface area contributed by atoms with Crippen LogP contribution < -0.4 is 5.19 Å². The van der Waals surface area contributed by atoms with Crippen LogP contribution in [-0.4, -0.2) is 27.2 Å². The van der Waals surface area contributed by atoms with Crippen LogP contribution >= 0.6 is 0 Å². The van der Waals surface area contributed by atoms with Gasteiger partial charge in [0.2, 0.25) is 0 Å². The zero-order valence-corrected chi connectivity index (χ0v) is 47.8. The molecule has 0 N–H and O–H groups in total. The summed E-state index contributed by atoms with van der Waals surface area (Å²) in [5.41, 5.74) is 10.9. The predicted molar refractivity (Wildman–Crippen MR) is 314 cm³/mol. The van der Waals surface area contributed by atoms with Gasteiger partial charge in [0, 0.05) is 50.7 Å². The van der Waals surface area contributed by atoms with E-state index in [1.165, 1.54) is 56.3 Å². The number of hydrogen-bond donors (Lipinski definition) is 0. The van der Waals surface area contributed by atoms with E-state index < -0.39 is 33.5 Å². The molecule has 0 saturated carbocycles. The maximum atomic E-state index is 15.7. The molecule has 0 bridgehead atoms. The summed E-state index contributed by atoms with van der Waals surface area (Å²) >= 11 is 0. The quantitative estimate of drug-likeness (QED) is 0.0822. The zero-order chi connectivity index (χ0) is 59.8. The molecule has 9 aromatic carbocycles. The Morgan fingerprint density at radius 1 is 0.595 bits per heavy atom. The molecular formula is C68H58F4IrN4OSi-2. The number of aryl methyl sites for hydroxylation is 2. The molecule has 1 radical (unpaired) electrons. The van der Waals surface area contributed by atoms with Gasteiger partial charge < -0.3 is 13.6 Å². The molecule has 12 aromatic rings. The fraction of sp³-hybridized carbons (Fsp3) is 0.176. The van der Waals surface area contributed by atoms with E-state index in [-0.39, 0.29) is 66.0 Å². The second kappa shape index (κ2) is 21.5. The first-order valence-electron chi connectivity index (χ1n) is 28.9. The Morgan fingerprint density at radius 2 is 1.19 bits per heavy atom. The van der Waals surface area contributed by atoms with Gasteiger partial charge in [0.15, 0.2) is 0 Å². The summed E-state index contributed by atoms with van der Waals surface area (Å²) in [6.45, 7) is 10.9. The van der Waals surface area contributed by atoms with E-state index in [9.17, 15) is 13.2 Å². The summed E-state index contributed by atoms with van der Waals surface area (Å²) in [5.74, 6) is 1.01. The third kappa shape index (κ3) is 10.3. The van der Waals surface area contributed by atoms with Gasteiger partial charge in [-0.1, -0.05) is 161 Å². The molecule has 0 spiro atoms. The zero-order valence-electron chi connectivity index (χ0n) is 50.4. The van der Waals surface area contributed by atoms with E-state index in [0.29, 0.717) is 27.8 Å². The van der Waals surface area contributed by atoms with Crippen molar-refractivity contribution >= 4 is 57.3 Å². The number of aromatic nitrogens is 4. The van der Waals surface area contributed by atoms with Gasteiger partial charge in [-0.05, 0) is 119 Å². The van der Waals surface area contributed by atoms with Crippen molar-refractivity contribution < 1.29 is 50.3 Å². The summed E-state index contributed by atoms with van der Waals surface area (Å²) in [6, 6.07) is 58.7. The molecule has 0 aliphatic heterocycles. The first-order valence-corrected chi connectivity index (χ1v) is 29.4. The summed E-state index contributed by atoms with van der Waals surface area (Å²) in [4.78, 5) is 9.76. The molecule has 5 nitrogen and oxygen atoms in total. The van der Waals surface area contributed by atoms with E-state index in [4.69, 9.17) is 17.6 Å². The van der Waals surface area contributed by atoms with Gasteiger partial charge in [0.1, 0.15) is 11.4 Å². The number of para-hydroxylation sites is 5. The maximum absolute atomic E-state index is 15.7. The minimum atomic E-state index is -4.56. The van der Waals surface area contributed by atoms with Crippen molar-refractivity contribution in [1.82, 2.24) is 19.1 Å². The number of imidazole rings is 2. The summed E-state index contributed by atoms with van der Waals surface area (Å²) in [6.07, 6.45) is -4.56. The van der Waals surface area contributed by atoms with E-state index in [1.54, 1.807) is 30.3 Å². The van der Waals surface area contributed by atoms with Gasteiger partial charge in [-0.15, -0.1) is 48.0 Å². The summed E-state index contributed by atoms with van der Waals surface area (Å²) in [5, 5.41) is 3.03. The minimum Gasteiger partial charge on any atom is -0.501 e. The Morgan fingerprint density at radius 3 is 1.76 bits per heavy atom. The minimum absolute atomic E-state index is 0. The fourth-order valence-corrected chi connectivity index (χ4v) is 11.5. The van der Waals surface area contributed by atoms with Gasteiger partial charge >= 0.3 is 6.18 Å². The van der Waals surface area contributed by atoms with Gasteiger partial charge in [0.05, 0.1) is 47.4 Å². The topological polar surface area (TPSA) is 48.8 Å². The molecule has 11 heteroatoms. The SMILES string of the molecule is CC(C)c1cc(-c2ccc([Si](C)(C)C)cc2)cc(C(C)C)c1-n1c(-c2[c-]ccc3c2oc2cc(-c4ccccc4)c(F)cc23)nc2ccccc21.[2H]C([2H])([2H])c1cccc(C([2H])([2H])[2H])c1-n1c(-c2[c-]cc(C(F)(F)F)cc2)nc2ccccc21.[Ir]. The van der Waals surface area contributed by atoms with Crippen LogP contribution in [0.5, 0.6) is 0 Å². The molecule has 79 heavy (non-hydrogen) atoms. The molecule has 399 valence electrons. The summed E-state index contributed by atoms with van der Waals surface area (Å²) < 4.78 is 113. The smallest absolute Gasteiger partial charge is 0.381 e. The Hall–Kier alpha value is -7.69. The second-order valence-electron chi connectivity index (χ2n) is 21.2. The van der Waals surface area contributed by atoms with Gasteiger partial charge in [0.25, 0.3) is 0 Å². The van der Waals surface area contributed by atoms with Gasteiger partial charge in [-0.2, -0.15) is 13.2 Å². The van der Waals surface area contributed by atoms with Crippen LogP contribution in [0.1, 0.15) is 75.6 Å². The summed E-state index contributed by atoms with van der Waals surface area (Å²) in [7, 11) is -1.42. The van der Waals surface area contributed by atoms with Gasteiger partial charge in [-0.25, -0.2) is 4.39 Å². The molecule has 0 saturated heterocycles. The Balaban J connectivity index is 0.000000205. The van der Waals surface area contributed by atoms with Crippen molar-refractivity contribution in [3.63, 3.8) is 0 Å². The first kappa shape index (κ1) is 47.3. The van der Waals surface area contributed by atoms with Crippen LogP contribution in [0.4, 0.5) is 17.6 Å². The van der Waals surface area contributed by atoms with Crippen LogP contribution in [0.25, 0.3) is 100 Å². The molecule has 12 rings (SSSR count). The van der Waals surface area contributed by atoms with E-state index in [2.05, 4.69) is 124 Å². The Labute approximate surface area is 481 Å². The number of halogens is 4. The third-order valence-corrected chi connectivity index (χ3v) is 16.4. The van der Waals surface area contributed by atoms with Crippen molar-refractivity contribution in [2.24, 2.45) is 0 Å². The van der Waals surface area contributed by atoms with Crippen LogP contribution in [0.15, 0.2) is 180 Å². The predicted octanol–water partition coefficient (Wildman–Crippen LogP) is 18.8. The van der Waals surface area contributed by atoms with Crippen molar-refractivity contribution in [1.29, 1.82) is 0 Å². The monoisotopic (exact) mass is 1250 g/mol. The number of rotatable bonds is 9. The van der Waals surface area contributed by atoms with Crippen LogP contribution in [0.3, 0.4) is 0 Å². The Kier molecular flexibility index (Phi) is 12.9.